The van der Waals surface area contributed by atoms with Crippen LogP contribution in [-0.4, -0.2) is 38.5 Å². The zero-order valence-electron chi connectivity index (χ0n) is 12.9. The normalized spacial score (nSPS) is 14.4. The lowest BCUT2D eigenvalue weighted by molar-refractivity contribution is -0.126. The van der Waals surface area contributed by atoms with Gasteiger partial charge >= 0.3 is 0 Å². The average molecular weight is 324 g/mol. The molecule has 4 rings (SSSR count). The van der Waals surface area contributed by atoms with E-state index in [1.54, 1.807) is 24.9 Å². The molecule has 122 valence electrons. The summed E-state index contributed by atoms with van der Waals surface area (Å²) in [6.45, 7) is 1.70. The van der Waals surface area contributed by atoms with Gasteiger partial charge in [0.2, 0.25) is 5.91 Å². The molecule has 0 unspecified atom stereocenters. The molecule has 8 nitrogen and oxygen atoms in total. The van der Waals surface area contributed by atoms with E-state index >= 15 is 0 Å². The van der Waals surface area contributed by atoms with Gasteiger partial charge in [0.05, 0.1) is 18.7 Å². The Balaban J connectivity index is 1.34. The molecular formula is C16H16N6O2. The van der Waals surface area contributed by atoms with Crippen LogP contribution in [0.4, 0.5) is 5.82 Å². The molecule has 4 heterocycles. The van der Waals surface area contributed by atoms with Gasteiger partial charge in [0, 0.05) is 31.5 Å². The highest BCUT2D eigenvalue weighted by molar-refractivity contribution is 5.81. The lowest BCUT2D eigenvalue weighted by Gasteiger charge is -2.39. The summed E-state index contributed by atoms with van der Waals surface area (Å²) in [5.74, 6) is 2.31. The number of furan rings is 1. The number of amides is 1. The van der Waals surface area contributed by atoms with E-state index in [0.29, 0.717) is 19.6 Å². The van der Waals surface area contributed by atoms with Gasteiger partial charge in [0.15, 0.2) is 0 Å². The third kappa shape index (κ3) is 2.85. The van der Waals surface area contributed by atoms with Crippen molar-refractivity contribution in [2.75, 3.05) is 18.0 Å². The Bertz CT molecular complexity index is 809. The van der Waals surface area contributed by atoms with Crippen LogP contribution >= 0.6 is 0 Å². The Hall–Kier alpha value is -3.16. The van der Waals surface area contributed by atoms with Gasteiger partial charge in [0.1, 0.15) is 30.1 Å². The highest BCUT2D eigenvalue weighted by Gasteiger charge is 2.33. The first-order valence-corrected chi connectivity index (χ1v) is 7.65. The number of anilines is 1. The number of nitrogens with one attached hydrogen (secondary N) is 1. The maximum absolute atomic E-state index is 12.1. The summed E-state index contributed by atoms with van der Waals surface area (Å²) in [5, 5.41) is 2.89. The van der Waals surface area contributed by atoms with Crippen molar-refractivity contribution >= 4 is 11.7 Å². The maximum atomic E-state index is 12.1. The van der Waals surface area contributed by atoms with Crippen LogP contribution in [0.25, 0.3) is 5.82 Å². The highest BCUT2D eigenvalue weighted by Crippen LogP contribution is 2.23. The van der Waals surface area contributed by atoms with Gasteiger partial charge in [-0.15, -0.1) is 0 Å². The molecule has 1 saturated heterocycles. The van der Waals surface area contributed by atoms with E-state index in [1.165, 1.54) is 6.33 Å². The Morgan fingerprint density at radius 1 is 1.33 bits per heavy atom. The van der Waals surface area contributed by atoms with Crippen molar-refractivity contribution in [3.63, 3.8) is 0 Å². The summed E-state index contributed by atoms with van der Waals surface area (Å²) in [4.78, 5) is 26.7. The minimum absolute atomic E-state index is 0.0338. The van der Waals surface area contributed by atoms with Gasteiger partial charge in [-0.2, -0.15) is 0 Å². The average Bonchev–Trinajstić information content (AvgIpc) is 3.25. The summed E-state index contributed by atoms with van der Waals surface area (Å²) in [5.41, 5.74) is 0. The van der Waals surface area contributed by atoms with Crippen LogP contribution in [-0.2, 0) is 11.3 Å². The lowest BCUT2D eigenvalue weighted by Crippen LogP contribution is -2.54. The van der Waals surface area contributed by atoms with Crippen molar-refractivity contribution in [1.82, 2.24) is 24.8 Å². The van der Waals surface area contributed by atoms with Gasteiger partial charge in [-0.25, -0.2) is 15.0 Å². The predicted octanol–water partition coefficient (Wildman–Crippen LogP) is 1.01. The van der Waals surface area contributed by atoms with Crippen LogP contribution in [0.3, 0.4) is 0 Å². The minimum atomic E-state index is -0.0355. The molecule has 1 aliphatic heterocycles. The van der Waals surface area contributed by atoms with Gasteiger partial charge in [-0.05, 0) is 12.1 Å². The summed E-state index contributed by atoms with van der Waals surface area (Å²) >= 11 is 0. The fraction of sp³-hybridized carbons (Fsp3) is 0.250. The molecule has 8 heteroatoms. The first-order valence-electron chi connectivity index (χ1n) is 7.65. The van der Waals surface area contributed by atoms with Gasteiger partial charge in [-0.3, -0.25) is 9.36 Å². The third-order valence-corrected chi connectivity index (χ3v) is 4.00. The SMILES string of the molecule is O=C(NCc1ccco1)C1CN(c2cc(-n3ccnc3)ncn2)C1. The predicted molar refractivity (Wildman–Crippen MR) is 85.4 cm³/mol. The summed E-state index contributed by atoms with van der Waals surface area (Å²) in [7, 11) is 0. The Labute approximate surface area is 138 Å². The lowest BCUT2D eigenvalue weighted by atomic mass is 9.99. The summed E-state index contributed by atoms with van der Waals surface area (Å²) in [6.07, 6.45) is 8.33. The van der Waals surface area contributed by atoms with Crippen LogP contribution in [0.5, 0.6) is 0 Å². The second-order valence-corrected chi connectivity index (χ2v) is 5.60. The van der Waals surface area contributed by atoms with Crippen LogP contribution in [0.15, 0.2) is 53.9 Å². The Morgan fingerprint density at radius 2 is 2.21 bits per heavy atom. The van der Waals surface area contributed by atoms with Crippen molar-refractivity contribution in [2.45, 2.75) is 6.54 Å². The molecule has 3 aromatic heterocycles. The standard InChI is InChI=1S/C16H16N6O2/c23-16(18-7-13-2-1-5-24-13)12-8-22(9-12)15-6-14(19-10-20-15)21-4-3-17-11-21/h1-6,10-12H,7-9H2,(H,18,23). The molecule has 0 bridgehead atoms. The van der Waals surface area contributed by atoms with Crippen LogP contribution in [0.1, 0.15) is 5.76 Å². The fourth-order valence-corrected chi connectivity index (χ4v) is 2.61. The van der Waals surface area contributed by atoms with Crippen molar-refractivity contribution in [2.24, 2.45) is 5.92 Å². The fourth-order valence-electron chi connectivity index (χ4n) is 2.61. The largest absolute Gasteiger partial charge is 0.467 e. The quantitative estimate of drug-likeness (QED) is 0.753. The van der Waals surface area contributed by atoms with Gasteiger partial charge in [0.25, 0.3) is 0 Å². The minimum Gasteiger partial charge on any atom is -0.467 e. The second-order valence-electron chi connectivity index (χ2n) is 5.60. The number of aromatic nitrogens is 4. The molecule has 3 aromatic rings. The number of rotatable bonds is 5. The van der Waals surface area contributed by atoms with E-state index in [-0.39, 0.29) is 11.8 Å². The number of nitrogens with zero attached hydrogens (tertiary/aromatic N) is 5. The zero-order valence-corrected chi connectivity index (χ0v) is 12.9. The molecule has 0 aromatic carbocycles. The Kier molecular flexibility index (Phi) is 3.70. The number of carbonyl (C=O) groups excluding carboxylic acids is 1. The van der Waals surface area contributed by atoms with Crippen molar-refractivity contribution in [1.29, 1.82) is 0 Å². The molecule has 1 aliphatic rings. The number of carbonyl (C=O) groups is 1. The molecular weight excluding hydrogens is 308 g/mol. The second kappa shape index (κ2) is 6.15. The number of hydrogen-bond acceptors (Lipinski definition) is 6. The van der Waals surface area contributed by atoms with Gasteiger partial charge in [-0.1, -0.05) is 0 Å². The Morgan fingerprint density at radius 3 is 2.96 bits per heavy atom. The van der Waals surface area contributed by atoms with E-state index in [9.17, 15) is 4.79 Å². The van der Waals surface area contributed by atoms with Crippen molar-refractivity contribution in [3.05, 3.63) is 55.3 Å². The van der Waals surface area contributed by atoms with E-state index in [2.05, 4.69) is 25.2 Å². The molecule has 0 radical (unpaired) electrons. The van der Waals surface area contributed by atoms with Crippen LogP contribution in [0, 0.1) is 5.92 Å². The molecule has 1 amide bonds. The first kappa shape index (κ1) is 14.4. The molecule has 0 atom stereocenters. The number of hydrogen-bond donors (Lipinski definition) is 1. The molecule has 0 saturated carbocycles. The topological polar surface area (TPSA) is 89.1 Å². The molecule has 24 heavy (non-hydrogen) atoms. The smallest absolute Gasteiger partial charge is 0.227 e. The van der Waals surface area contributed by atoms with Crippen LogP contribution in [0.2, 0.25) is 0 Å². The molecule has 0 aliphatic carbocycles. The van der Waals surface area contributed by atoms with E-state index < -0.39 is 0 Å². The zero-order chi connectivity index (χ0) is 16.4. The van der Waals surface area contributed by atoms with E-state index in [1.807, 2.05) is 22.9 Å². The third-order valence-electron chi connectivity index (χ3n) is 4.00. The van der Waals surface area contributed by atoms with Gasteiger partial charge < -0.3 is 14.6 Å². The molecule has 0 spiro atoms. The van der Waals surface area contributed by atoms with Crippen molar-refractivity contribution in [3.8, 4) is 5.82 Å². The summed E-state index contributed by atoms with van der Waals surface area (Å²) < 4.78 is 7.02. The molecule has 1 N–H and O–H groups in total. The van der Waals surface area contributed by atoms with Crippen molar-refractivity contribution < 1.29 is 9.21 Å². The highest BCUT2D eigenvalue weighted by atomic mass is 16.3. The maximum Gasteiger partial charge on any atom is 0.227 e. The monoisotopic (exact) mass is 324 g/mol. The molecule has 1 fully saturated rings. The van der Waals surface area contributed by atoms with Crippen LogP contribution < -0.4 is 10.2 Å². The summed E-state index contributed by atoms with van der Waals surface area (Å²) in [6, 6.07) is 5.53. The van der Waals surface area contributed by atoms with E-state index in [4.69, 9.17) is 4.42 Å². The van der Waals surface area contributed by atoms with E-state index in [0.717, 1.165) is 17.4 Å². The number of imidazole rings is 1. The first-order chi connectivity index (χ1) is 11.8.